The number of benzene rings is 1. The monoisotopic (exact) mass is 398 g/mol. The highest BCUT2D eigenvalue weighted by molar-refractivity contribution is 5.82. The fraction of sp³-hybridized carbons (Fsp3) is 0.524. The van der Waals surface area contributed by atoms with Crippen LogP contribution in [0.5, 0.6) is 5.75 Å². The van der Waals surface area contributed by atoms with E-state index in [9.17, 15) is 9.59 Å². The highest BCUT2D eigenvalue weighted by Gasteiger charge is 2.39. The van der Waals surface area contributed by atoms with Crippen LogP contribution >= 0.6 is 0 Å². The molecule has 0 unspecified atom stereocenters. The van der Waals surface area contributed by atoms with E-state index < -0.39 is 0 Å². The Morgan fingerprint density at radius 1 is 1.31 bits per heavy atom. The first kappa shape index (κ1) is 19.4. The number of hydrogen-bond donors (Lipinski definition) is 1. The van der Waals surface area contributed by atoms with Gasteiger partial charge in [-0.2, -0.15) is 4.98 Å². The zero-order valence-corrected chi connectivity index (χ0v) is 16.8. The molecule has 1 aliphatic carbocycles. The van der Waals surface area contributed by atoms with E-state index in [1.807, 2.05) is 29.2 Å². The van der Waals surface area contributed by atoms with E-state index in [0.29, 0.717) is 37.6 Å². The fourth-order valence-electron chi connectivity index (χ4n) is 3.80. The van der Waals surface area contributed by atoms with Crippen LogP contribution < -0.4 is 10.1 Å². The molecular formula is C21H26N4O4. The van der Waals surface area contributed by atoms with Gasteiger partial charge in [0.1, 0.15) is 5.75 Å². The summed E-state index contributed by atoms with van der Waals surface area (Å²) in [5.74, 6) is 1.94. The van der Waals surface area contributed by atoms with Gasteiger partial charge >= 0.3 is 0 Å². The smallest absolute Gasteiger partial charge is 0.231 e. The third-order valence-corrected chi connectivity index (χ3v) is 5.59. The Morgan fingerprint density at radius 2 is 2.14 bits per heavy atom. The summed E-state index contributed by atoms with van der Waals surface area (Å²) >= 11 is 0. The molecule has 4 rings (SSSR count). The van der Waals surface area contributed by atoms with Crippen LogP contribution in [-0.2, 0) is 16.0 Å². The van der Waals surface area contributed by atoms with Gasteiger partial charge in [-0.1, -0.05) is 17.3 Å². The fourth-order valence-corrected chi connectivity index (χ4v) is 3.80. The number of carbonyl (C=O) groups excluding carboxylic acids is 2. The Bertz CT molecular complexity index is 892. The number of rotatable bonds is 6. The lowest BCUT2D eigenvalue weighted by Gasteiger charge is -2.37. The molecule has 154 valence electrons. The van der Waals surface area contributed by atoms with Gasteiger partial charge in [0.15, 0.2) is 5.82 Å². The number of nitrogens with zero attached hydrogens (tertiary/aromatic N) is 3. The van der Waals surface area contributed by atoms with E-state index in [0.717, 1.165) is 24.2 Å². The maximum atomic E-state index is 12.9. The third kappa shape index (κ3) is 4.58. The minimum Gasteiger partial charge on any atom is -0.497 e. The lowest BCUT2D eigenvalue weighted by atomic mass is 9.90. The molecule has 2 aliphatic rings. The van der Waals surface area contributed by atoms with Gasteiger partial charge in [-0.25, -0.2) is 0 Å². The number of nitrogens with one attached hydrogen (secondary N) is 1. The van der Waals surface area contributed by atoms with Crippen LogP contribution in [-0.4, -0.2) is 53.1 Å². The van der Waals surface area contributed by atoms with Gasteiger partial charge in [-0.3, -0.25) is 9.59 Å². The van der Waals surface area contributed by atoms with Gasteiger partial charge in [0.05, 0.1) is 25.5 Å². The molecular weight excluding hydrogens is 372 g/mol. The van der Waals surface area contributed by atoms with Gasteiger partial charge in [0.2, 0.25) is 17.7 Å². The zero-order valence-electron chi connectivity index (χ0n) is 16.8. The highest BCUT2D eigenvalue weighted by atomic mass is 16.5. The van der Waals surface area contributed by atoms with Crippen LogP contribution in [0.25, 0.3) is 0 Å². The topological polar surface area (TPSA) is 97.6 Å². The zero-order chi connectivity index (χ0) is 20.4. The molecule has 0 bridgehead atoms. The average Bonchev–Trinajstić information content (AvgIpc) is 3.49. The lowest BCUT2D eigenvalue weighted by Crippen LogP contribution is -2.53. The third-order valence-electron chi connectivity index (χ3n) is 5.59. The summed E-state index contributed by atoms with van der Waals surface area (Å²) in [6.45, 7) is 2.80. The molecule has 2 aromatic rings. The van der Waals surface area contributed by atoms with Crippen LogP contribution in [0.15, 0.2) is 28.8 Å². The summed E-state index contributed by atoms with van der Waals surface area (Å²) in [6.07, 6.45) is 2.83. The molecule has 29 heavy (non-hydrogen) atoms. The van der Waals surface area contributed by atoms with E-state index in [1.54, 1.807) is 14.0 Å². The van der Waals surface area contributed by atoms with Crippen molar-refractivity contribution < 1.29 is 18.8 Å². The van der Waals surface area contributed by atoms with Gasteiger partial charge < -0.3 is 19.5 Å². The summed E-state index contributed by atoms with van der Waals surface area (Å²) in [5.41, 5.74) is 0.905. The molecule has 1 aromatic carbocycles. The van der Waals surface area contributed by atoms with E-state index in [4.69, 9.17) is 9.26 Å². The molecule has 8 nitrogen and oxygen atoms in total. The van der Waals surface area contributed by atoms with Crippen LogP contribution in [0.3, 0.4) is 0 Å². The Kier molecular flexibility index (Phi) is 5.51. The molecule has 2 fully saturated rings. The molecule has 0 radical (unpaired) electrons. The highest BCUT2D eigenvalue weighted by Crippen LogP contribution is 2.32. The van der Waals surface area contributed by atoms with Crippen molar-refractivity contribution in [1.29, 1.82) is 0 Å². The SMILES string of the molecule is COc1cccc(CC(=O)N2CC[C@H](c3nc(C)no3)[C@H](NC(=O)C3CC3)C2)c1. The quantitative estimate of drug-likeness (QED) is 0.797. The summed E-state index contributed by atoms with van der Waals surface area (Å²) in [7, 11) is 1.61. The summed E-state index contributed by atoms with van der Waals surface area (Å²) in [6, 6.07) is 7.30. The number of carbonyl (C=O) groups is 2. The van der Waals surface area contributed by atoms with Crippen molar-refractivity contribution in [2.45, 2.75) is 44.6 Å². The van der Waals surface area contributed by atoms with Gasteiger partial charge in [-0.05, 0) is 43.9 Å². The van der Waals surface area contributed by atoms with E-state index in [1.165, 1.54) is 0 Å². The largest absolute Gasteiger partial charge is 0.497 e. The standard InChI is InChI=1S/C21H26N4O4/c1-13-22-21(29-24-13)17-8-9-25(12-18(17)23-20(27)15-6-7-15)19(26)11-14-4-3-5-16(10-14)28-2/h3-5,10,15,17-18H,6-9,11-12H2,1-2H3,(H,23,27)/t17-,18+/m0/s1. The molecule has 1 N–H and O–H groups in total. The number of aryl methyl sites for hydroxylation is 1. The van der Waals surface area contributed by atoms with Crippen molar-refractivity contribution in [3.05, 3.63) is 41.5 Å². The van der Waals surface area contributed by atoms with E-state index in [-0.39, 0.29) is 29.7 Å². The minimum absolute atomic E-state index is 0.0316. The van der Waals surface area contributed by atoms with E-state index in [2.05, 4.69) is 15.5 Å². The van der Waals surface area contributed by atoms with Gasteiger partial charge in [0, 0.05) is 19.0 Å². The molecule has 1 saturated heterocycles. The number of methoxy groups -OCH3 is 1. The maximum Gasteiger partial charge on any atom is 0.231 e. The molecule has 0 spiro atoms. The lowest BCUT2D eigenvalue weighted by molar-refractivity contribution is -0.133. The van der Waals surface area contributed by atoms with Crippen molar-refractivity contribution in [2.75, 3.05) is 20.2 Å². The Hall–Kier alpha value is -2.90. The normalized spacial score (nSPS) is 21.7. The predicted octanol–water partition coefficient (Wildman–Crippen LogP) is 1.84. The Morgan fingerprint density at radius 3 is 2.83 bits per heavy atom. The summed E-state index contributed by atoms with van der Waals surface area (Å²) in [4.78, 5) is 31.5. The second kappa shape index (κ2) is 8.23. The number of hydrogen-bond acceptors (Lipinski definition) is 6. The summed E-state index contributed by atoms with van der Waals surface area (Å²) < 4.78 is 10.6. The minimum atomic E-state index is -0.231. The average molecular weight is 398 g/mol. The molecule has 8 heteroatoms. The predicted molar refractivity (Wildman–Crippen MR) is 104 cm³/mol. The maximum absolute atomic E-state index is 12.9. The molecule has 2 heterocycles. The van der Waals surface area contributed by atoms with Gasteiger partial charge in [0.25, 0.3) is 0 Å². The second-order valence-electron chi connectivity index (χ2n) is 7.83. The van der Waals surface area contributed by atoms with Crippen molar-refractivity contribution in [1.82, 2.24) is 20.4 Å². The van der Waals surface area contributed by atoms with Crippen LogP contribution in [0.2, 0.25) is 0 Å². The number of aromatic nitrogens is 2. The number of likely N-dealkylation sites (tertiary alicyclic amines) is 1. The van der Waals surface area contributed by atoms with E-state index >= 15 is 0 Å². The molecule has 1 aliphatic heterocycles. The molecule has 2 atom stereocenters. The van der Waals surface area contributed by atoms with Crippen LogP contribution in [0.1, 0.15) is 42.5 Å². The summed E-state index contributed by atoms with van der Waals surface area (Å²) in [5, 5.41) is 7.01. The molecule has 1 aromatic heterocycles. The Balaban J connectivity index is 1.46. The first-order chi connectivity index (χ1) is 14.0. The number of ether oxygens (including phenoxy) is 1. The van der Waals surface area contributed by atoms with Crippen molar-refractivity contribution in [3.63, 3.8) is 0 Å². The number of amides is 2. The molecule has 1 saturated carbocycles. The number of piperidine rings is 1. The van der Waals surface area contributed by atoms with Crippen molar-refractivity contribution in [3.8, 4) is 5.75 Å². The van der Waals surface area contributed by atoms with Crippen molar-refractivity contribution in [2.24, 2.45) is 5.92 Å². The van der Waals surface area contributed by atoms with Crippen LogP contribution in [0, 0.1) is 12.8 Å². The second-order valence-corrected chi connectivity index (χ2v) is 7.83. The van der Waals surface area contributed by atoms with Gasteiger partial charge in [-0.15, -0.1) is 0 Å². The first-order valence-corrected chi connectivity index (χ1v) is 10.0. The first-order valence-electron chi connectivity index (χ1n) is 10.0. The molecule has 2 amide bonds. The van der Waals surface area contributed by atoms with Crippen LogP contribution in [0.4, 0.5) is 0 Å². The van der Waals surface area contributed by atoms with Crippen molar-refractivity contribution >= 4 is 11.8 Å². The Labute approximate surface area is 169 Å².